The number of aryl methyl sites for hydroxylation is 4. The van der Waals surface area contributed by atoms with Crippen LogP contribution in [0.25, 0.3) is 22.3 Å². The summed E-state index contributed by atoms with van der Waals surface area (Å²) in [4.78, 5) is 0. The summed E-state index contributed by atoms with van der Waals surface area (Å²) >= 11 is 0. The molecule has 0 heterocycles. The van der Waals surface area contributed by atoms with E-state index in [-0.39, 0.29) is 0 Å². The predicted octanol–water partition coefficient (Wildman–Crippen LogP) is 7.06. The fraction of sp³-hybridized carbons (Fsp3) is 0.241. The molecule has 1 atom stereocenters. The quantitative estimate of drug-likeness (QED) is 0.407. The normalized spacial score (nSPS) is 15.9. The van der Waals surface area contributed by atoms with Crippen molar-refractivity contribution in [2.24, 2.45) is 5.92 Å². The van der Waals surface area contributed by atoms with Crippen molar-refractivity contribution < 1.29 is 0 Å². The molecule has 1 aliphatic carbocycles. The van der Waals surface area contributed by atoms with Gasteiger partial charge in [-0.25, -0.2) is 0 Å². The standard InChI is InChI=1S/C29H30Si/c1-18-12-19(2)15-24(14-18)26-8-7-9-27(30-29-22(5)10-11-23(29)6)28(26)25-16-20(3)13-21(4)17-25/h7-17,22H,1-6H3. The molecule has 30 heavy (non-hydrogen) atoms. The molecule has 0 amide bonds. The van der Waals surface area contributed by atoms with E-state index in [4.69, 9.17) is 0 Å². The number of allylic oxidation sites excluding steroid dienone is 4. The van der Waals surface area contributed by atoms with Gasteiger partial charge in [-0.2, -0.15) is 0 Å². The van der Waals surface area contributed by atoms with Crippen molar-refractivity contribution in [1.82, 2.24) is 0 Å². The van der Waals surface area contributed by atoms with E-state index in [1.807, 2.05) is 0 Å². The van der Waals surface area contributed by atoms with Gasteiger partial charge in [0.05, 0.1) is 0 Å². The van der Waals surface area contributed by atoms with Crippen LogP contribution >= 0.6 is 0 Å². The Morgan fingerprint density at radius 1 is 0.700 bits per heavy atom. The highest BCUT2D eigenvalue weighted by Crippen LogP contribution is 2.34. The number of benzene rings is 3. The molecule has 1 aliphatic rings. The molecule has 0 bridgehead atoms. The van der Waals surface area contributed by atoms with Crippen molar-refractivity contribution in [3.05, 3.63) is 99.8 Å². The SMILES string of the molecule is CC1=C([Si]c2cccc(-c3cc(C)cc(C)c3)c2-c2cc(C)cc(C)c2)C(C)C=C1. The van der Waals surface area contributed by atoms with Crippen molar-refractivity contribution in [1.29, 1.82) is 0 Å². The van der Waals surface area contributed by atoms with Crippen molar-refractivity contribution in [3.8, 4) is 22.3 Å². The fourth-order valence-electron chi connectivity index (χ4n) is 4.65. The Hall–Kier alpha value is -2.64. The molecular weight excluding hydrogens is 376 g/mol. The average molecular weight is 407 g/mol. The maximum Gasteiger partial charge on any atom is 0.117 e. The van der Waals surface area contributed by atoms with E-state index in [0.717, 1.165) is 0 Å². The highest BCUT2D eigenvalue weighted by molar-refractivity contribution is 6.63. The van der Waals surface area contributed by atoms with Gasteiger partial charge in [-0.15, -0.1) is 0 Å². The van der Waals surface area contributed by atoms with Crippen molar-refractivity contribution in [2.75, 3.05) is 0 Å². The van der Waals surface area contributed by atoms with Crippen LogP contribution in [0.4, 0.5) is 0 Å². The maximum atomic E-state index is 2.35. The van der Waals surface area contributed by atoms with E-state index in [0.29, 0.717) is 15.4 Å². The van der Waals surface area contributed by atoms with E-state index in [2.05, 4.69) is 108 Å². The highest BCUT2D eigenvalue weighted by Gasteiger charge is 2.20. The van der Waals surface area contributed by atoms with Gasteiger partial charge in [0.25, 0.3) is 0 Å². The summed E-state index contributed by atoms with van der Waals surface area (Å²) < 4.78 is 0. The lowest BCUT2D eigenvalue weighted by Gasteiger charge is -2.19. The molecule has 2 radical (unpaired) electrons. The van der Waals surface area contributed by atoms with Crippen LogP contribution in [0, 0.1) is 33.6 Å². The summed E-state index contributed by atoms with van der Waals surface area (Å²) in [6, 6.07) is 20.7. The molecule has 4 rings (SSSR count). The first kappa shape index (κ1) is 20.6. The lowest BCUT2D eigenvalue weighted by Crippen LogP contribution is -2.22. The largest absolute Gasteiger partial charge is 0.117 e. The van der Waals surface area contributed by atoms with Gasteiger partial charge in [0.2, 0.25) is 0 Å². The summed E-state index contributed by atoms with van der Waals surface area (Å²) in [7, 11) is 0.690. The second-order valence-electron chi connectivity index (χ2n) is 8.85. The van der Waals surface area contributed by atoms with Crippen molar-refractivity contribution in [3.63, 3.8) is 0 Å². The zero-order chi connectivity index (χ0) is 21.4. The van der Waals surface area contributed by atoms with Crippen LogP contribution in [-0.2, 0) is 0 Å². The van der Waals surface area contributed by atoms with E-state index in [1.165, 1.54) is 55.3 Å². The number of hydrogen-bond donors (Lipinski definition) is 0. The van der Waals surface area contributed by atoms with E-state index < -0.39 is 0 Å². The van der Waals surface area contributed by atoms with Crippen molar-refractivity contribution >= 4 is 14.7 Å². The van der Waals surface area contributed by atoms with Crippen molar-refractivity contribution in [2.45, 2.75) is 41.5 Å². The van der Waals surface area contributed by atoms with Gasteiger partial charge in [-0.3, -0.25) is 0 Å². The molecule has 3 aromatic rings. The van der Waals surface area contributed by atoms with Gasteiger partial charge < -0.3 is 0 Å². The number of hydrogen-bond acceptors (Lipinski definition) is 0. The average Bonchev–Trinajstić information content (AvgIpc) is 2.98. The van der Waals surface area contributed by atoms with E-state index in [1.54, 1.807) is 5.20 Å². The third-order valence-electron chi connectivity index (χ3n) is 5.89. The maximum absolute atomic E-state index is 2.35. The van der Waals surface area contributed by atoms with Crippen LogP contribution in [0.5, 0.6) is 0 Å². The molecule has 0 fully saturated rings. The Morgan fingerprint density at radius 3 is 1.80 bits per heavy atom. The van der Waals surface area contributed by atoms with E-state index >= 15 is 0 Å². The molecule has 3 aromatic carbocycles. The minimum atomic E-state index is 0.528. The molecule has 0 saturated carbocycles. The van der Waals surface area contributed by atoms with Gasteiger partial charge in [0.1, 0.15) is 9.52 Å². The third-order valence-corrected chi connectivity index (χ3v) is 7.70. The summed E-state index contributed by atoms with van der Waals surface area (Å²) in [5.41, 5.74) is 12.1. The van der Waals surface area contributed by atoms with Crippen LogP contribution in [-0.4, -0.2) is 9.52 Å². The monoisotopic (exact) mass is 406 g/mol. The summed E-state index contributed by atoms with van der Waals surface area (Å²) in [5.74, 6) is 0.528. The van der Waals surface area contributed by atoms with Gasteiger partial charge in [-0.05, 0) is 62.8 Å². The first-order valence-corrected chi connectivity index (χ1v) is 11.8. The molecule has 0 saturated heterocycles. The Labute approximate surface area is 184 Å². The van der Waals surface area contributed by atoms with Gasteiger partial charge in [-0.1, -0.05) is 112 Å². The van der Waals surface area contributed by atoms with Crippen LogP contribution in [0.15, 0.2) is 77.5 Å². The summed E-state index contributed by atoms with van der Waals surface area (Å²) in [6.07, 6.45) is 4.62. The van der Waals surface area contributed by atoms with Crippen LogP contribution in [0.3, 0.4) is 0 Å². The molecule has 0 spiro atoms. The summed E-state index contributed by atoms with van der Waals surface area (Å²) in [6.45, 7) is 13.4. The van der Waals surface area contributed by atoms with Gasteiger partial charge >= 0.3 is 0 Å². The fourth-order valence-corrected chi connectivity index (χ4v) is 6.13. The molecule has 0 aliphatic heterocycles. The second kappa shape index (κ2) is 8.24. The minimum absolute atomic E-state index is 0.528. The summed E-state index contributed by atoms with van der Waals surface area (Å²) in [5, 5.41) is 3.01. The first-order chi connectivity index (χ1) is 14.3. The van der Waals surface area contributed by atoms with Gasteiger partial charge in [0, 0.05) is 0 Å². The Kier molecular flexibility index (Phi) is 5.66. The predicted molar refractivity (Wildman–Crippen MR) is 133 cm³/mol. The lowest BCUT2D eigenvalue weighted by molar-refractivity contribution is 0.930. The zero-order valence-corrected chi connectivity index (χ0v) is 19.9. The topological polar surface area (TPSA) is 0 Å². The molecule has 1 heteroatoms. The van der Waals surface area contributed by atoms with Gasteiger partial charge in [0.15, 0.2) is 0 Å². The van der Waals surface area contributed by atoms with Crippen LogP contribution in [0.2, 0.25) is 0 Å². The Balaban J connectivity index is 1.96. The first-order valence-electron chi connectivity index (χ1n) is 10.8. The molecule has 0 nitrogen and oxygen atoms in total. The van der Waals surface area contributed by atoms with Crippen LogP contribution < -0.4 is 5.19 Å². The van der Waals surface area contributed by atoms with E-state index in [9.17, 15) is 0 Å². The zero-order valence-electron chi connectivity index (χ0n) is 18.9. The lowest BCUT2D eigenvalue weighted by atomic mass is 9.91. The Morgan fingerprint density at radius 2 is 1.27 bits per heavy atom. The van der Waals surface area contributed by atoms with Crippen LogP contribution in [0.1, 0.15) is 36.1 Å². The Bertz CT molecular complexity index is 1140. The molecular formula is C29H30Si. The second-order valence-corrected chi connectivity index (χ2v) is 10.2. The molecule has 1 unspecified atom stereocenters. The number of rotatable bonds is 4. The third kappa shape index (κ3) is 4.13. The smallest absolute Gasteiger partial charge is 0.0778 e. The highest BCUT2D eigenvalue weighted by atomic mass is 28.2. The molecule has 0 aromatic heterocycles. The molecule has 150 valence electrons. The molecule has 0 N–H and O–H groups in total. The minimum Gasteiger partial charge on any atom is -0.0778 e.